The lowest BCUT2D eigenvalue weighted by Gasteiger charge is -2.23. The van der Waals surface area contributed by atoms with Crippen LogP contribution in [0.1, 0.15) is 34.9 Å². The summed E-state index contributed by atoms with van der Waals surface area (Å²) in [7, 11) is 1.50. The molecule has 6 heteroatoms. The summed E-state index contributed by atoms with van der Waals surface area (Å²) in [5, 5.41) is 17.6. The minimum absolute atomic E-state index is 0.0906. The average Bonchev–Trinajstić information content (AvgIpc) is 3.04. The van der Waals surface area contributed by atoms with E-state index < -0.39 is 0 Å². The van der Waals surface area contributed by atoms with Crippen molar-refractivity contribution in [3.8, 4) is 11.5 Å². The van der Waals surface area contributed by atoms with Gasteiger partial charge in [-0.05, 0) is 54.0 Å². The Morgan fingerprint density at radius 1 is 1.43 bits per heavy atom. The van der Waals surface area contributed by atoms with Crippen molar-refractivity contribution >= 4 is 17.4 Å². The quantitative estimate of drug-likeness (QED) is 0.804. The van der Waals surface area contributed by atoms with E-state index >= 15 is 0 Å². The standard InChI is InChI=1S/C17H20N2O3S/c1-22-15-9-11(5-6-14(15)20)10-18-17(21)19-13-3-2-4-16-12(13)7-8-23-16/h5-9,13,20H,2-4,10H2,1H3,(H2,18,19,21)/t13-/m0/s1. The summed E-state index contributed by atoms with van der Waals surface area (Å²) in [5.74, 6) is 0.493. The molecule has 0 unspecified atom stereocenters. The molecule has 1 aromatic heterocycles. The van der Waals surface area contributed by atoms with E-state index in [2.05, 4.69) is 22.1 Å². The van der Waals surface area contributed by atoms with Crippen molar-refractivity contribution in [1.29, 1.82) is 0 Å². The molecule has 0 aliphatic heterocycles. The van der Waals surface area contributed by atoms with Crippen molar-refractivity contribution in [2.75, 3.05) is 7.11 Å². The molecule has 0 fully saturated rings. The van der Waals surface area contributed by atoms with Gasteiger partial charge in [-0.25, -0.2) is 4.79 Å². The zero-order valence-corrected chi connectivity index (χ0v) is 13.8. The maximum absolute atomic E-state index is 12.1. The maximum atomic E-state index is 12.1. The van der Waals surface area contributed by atoms with Crippen LogP contribution in [-0.4, -0.2) is 18.2 Å². The van der Waals surface area contributed by atoms with E-state index in [1.807, 2.05) is 0 Å². The van der Waals surface area contributed by atoms with Gasteiger partial charge in [0.15, 0.2) is 11.5 Å². The van der Waals surface area contributed by atoms with Crippen LogP contribution in [0.4, 0.5) is 4.79 Å². The lowest BCUT2D eigenvalue weighted by molar-refractivity contribution is 0.235. The van der Waals surface area contributed by atoms with Crippen molar-refractivity contribution in [1.82, 2.24) is 10.6 Å². The van der Waals surface area contributed by atoms with Crippen molar-refractivity contribution in [2.45, 2.75) is 31.8 Å². The number of methoxy groups -OCH3 is 1. The normalized spacial score (nSPS) is 16.5. The number of nitrogens with one attached hydrogen (secondary N) is 2. The van der Waals surface area contributed by atoms with Crippen LogP contribution >= 0.6 is 11.3 Å². The number of rotatable bonds is 4. The first-order chi connectivity index (χ1) is 11.2. The Morgan fingerprint density at radius 2 is 2.30 bits per heavy atom. The summed E-state index contributed by atoms with van der Waals surface area (Å²) >= 11 is 1.76. The van der Waals surface area contributed by atoms with Gasteiger partial charge < -0.3 is 20.5 Å². The molecule has 0 spiro atoms. The van der Waals surface area contributed by atoms with Crippen molar-refractivity contribution in [2.24, 2.45) is 0 Å². The fourth-order valence-electron chi connectivity index (χ4n) is 2.86. The van der Waals surface area contributed by atoms with Crippen LogP contribution in [-0.2, 0) is 13.0 Å². The first-order valence-corrected chi connectivity index (χ1v) is 8.52. The van der Waals surface area contributed by atoms with Gasteiger partial charge in [-0.2, -0.15) is 0 Å². The summed E-state index contributed by atoms with van der Waals surface area (Å²) < 4.78 is 5.07. The molecular formula is C17H20N2O3S. The molecule has 3 N–H and O–H groups in total. The number of fused-ring (bicyclic) bond motifs is 1. The second-order valence-corrected chi connectivity index (χ2v) is 6.58. The van der Waals surface area contributed by atoms with E-state index in [-0.39, 0.29) is 17.8 Å². The fraction of sp³-hybridized carbons (Fsp3) is 0.353. The van der Waals surface area contributed by atoms with Crippen LogP contribution in [0.2, 0.25) is 0 Å². The first kappa shape index (κ1) is 15.7. The van der Waals surface area contributed by atoms with E-state index in [9.17, 15) is 9.90 Å². The Balaban J connectivity index is 1.57. The fourth-order valence-corrected chi connectivity index (χ4v) is 3.85. The third kappa shape index (κ3) is 3.59. The topological polar surface area (TPSA) is 70.6 Å². The van der Waals surface area contributed by atoms with Gasteiger partial charge in [-0.1, -0.05) is 6.07 Å². The molecule has 1 aromatic carbocycles. The van der Waals surface area contributed by atoms with Gasteiger partial charge in [-0.15, -0.1) is 11.3 Å². The second kappa shape index (κ2) is 6.91. The van der Waals surface area contributed by atoms with Crippen molar-refractivity contribution in [3.05, 3.63) is 45.6 Å². The van der Waals surface area contributed by atoms with Crippen LogP contribution in [0.3, 0.4) is 0 Å². The SMILES string of the molecule is COc1cc(CNC(=O)N[C@H]2CCCc3sccc32)ccc1O. The Bertz CT molecular complexity index is 699. The molecule has 2 amide bonds. The number of aromatic hydroxyl groups is 1. The van der Waals surface area contributed by atoms with E-state index in [1.54, 1.807) is 29.5 Å². The third-order valence-electron chi connectivity index (χ3n) is 4.05. The second-order valence-electron chi connectivity index (χ2n) is 5.58. The highest BCUT2D eigenvalue weighted by molar-refractivity contribution is 7.10. The highest BCUT2D eigenvalue weighted by Gasteiger charge is 2.22. The minimum Gasteiger partial charge on any atom is -0.504 e. The Hall–Kier alpha value is -2.21. The van der Waals surface area contributed by atoms with E-state index in [1.165, 1.54) is 17.6 Å². The summed E-state index contributed by atoms with van der Waals surface area (Å²) in [5.41, 5.74) is 2.12. The number of hydrogen-bond acceptors (Lipinski definition) is 4. The number of ether oxygens (including phenoxy) is 1. The number of aryl methyl sites for hydroxylation is 1. The van der Waals surface area contributed by atoms with Crippen LogP contribution in [0.15, 0.2) is 29.6 Å². The lowest BCUT2D eigenvalue weighted by Crippen LogP contribution is -2.38. The number of carbonyl (C=O) groups is 1. The zero-order chi connectivity index (χ0) is 16.2. The smallest absolute Gasteiger partial charge is 0.315 e. The molecule has 5 nitrogen and oxygen atoms in total. The monoisotopic (exact) mass is 332 g/mol. The number of phenolic OH excluding ortho intramolecular Hbond substituents is 1. The van der Waals surface area contributed by atoms with Gasteiger partial charge in [0.1, 0.15) is 0 Å². The van der Waals surface area contributed by atoms with Crippen LogP contribution < -0.4 is 15.4 Å². The van der Waals surface area contributed by atoms with Gasteiger partial charge >= 0.3 is 6.03 Å². The number of urea groups is 1. The summed E-state index contributed by atoms with van der Waals surface area (Å²) in [6.07, 6.45) is 3.19. The maximum Gasteiger partial charge on any atom is 0.315 e. The summed E-state index contributed by atoms with van der Waals surface area (Å²) in [4.78, 5) is 13.5. The molecule has 23 heavy (non-hydrogen) atoms. The van der Waals surface area contributed by atoms with E-state index in [0.29, 0.717) is 12.3 Å². The number of hydrogen-bond donors (Lipinski definition) is 3. The van der Waals surface area contributed by atoms with Crippen LogP contribution in [0, 0.1) is 0 Å². The molecule has 0 bridgehead atoms. The zero-order valence-electron chi connectivity index (χ0n) is 13.0. The van der Waals surface area contributed by atoms with Crippen molar-refractivity contribution < 1.29 is 14.6 Å². The Morgan fingerprint density at radius 3 is 3.13 bits per heavy atom. The molecule has 0 saturated carbocycles. The average molecular weight is 332 g/mol. The van der Waals surface area contributed by atoms with Crippen LogP contribution in [0.25, 0.3) is 0 Å². The summed E-state index contributed by atoms with van der Waals surface area (Å²) in [6, 6.07) is 7.06. The number of phenols is 1. The first-order valence-electron chi connectivity index (χ1n) is 7.64. The number of benzene rings is 1. The van der Waals surface area contributed by atoms with Gasteiger partial charge in [-0.3, -0.25) is 0 Å². The number of carbonyl (C=O) groups excluding carboxylic acids is 1. The molecule has 1 heterocycles. The highest BCUT2D eigenvalue weighted by atomic mass is 32.1. The number of amides is 2. The molecule has 0 saturated heterocycles. The molecule has 2 aromatic rings. The molecule has 1 atom stereocenters. The molecule has 1 aliphatic rings. The molecule has 1 aliphatic carbocycles. The van der Waals surface area contributed by atoms with E-state index in [4.69, 9.17) is 4.74 Å². The minimum atomic E-state index is -0.180. The molecule has 122 valence electrons. The van der Waals surface area contributed by atoms with Gasteiger partial charge in [0.25, 0.3) is 0 Å². The Kier molecular flexibility index (Phi) is 4.71. The van der Waals surface area contributed by atoms with Gasteiger partial charge in [0.2, 0.25) is 0 Å². The third-order valence-corrected chi connectivity index (χ3v) is 5.05. The predicted octanol–water partition coefficient (Wildman–Crippen LogP) is 3.34. The van der Waals surface area contributed by atoms with Crippen molar-refractivity contribution in [3.63, 3.8) is 0 Å². The van der Waals surface area contributed by atoms with Gasteiger partial charge in [0.05, 0.1) is 13.2 Å². The largest absolute Gasteiger partial charge is 0.504 e. The lowest BCUT2D eigenvalue weighted by atomic mass is 9.94. The highest BCUT2D eigenvalue weighted by Crippen LogP contribution is 2.33. The van der Waals surface area contributed by atoms with Gasteiger partial charge in [0, 0.05) is 11.4 Å². The number of thiophene rings is 1. The Labute approximate surface area is 139 Å². The van der Waals surface area contributed by atoms with E-state index in [0.717, 1.165) is 24.8 Å². The molecule has 3 rings (SSSR count). The predicted molar refractivity (Wildman–Crippen MR) is 90.0 cm³/mol. The molecule has 0 radical (unpaired) electrons. The molecular weight excluding hydrogens is 312 g/mol. The summed E-state index contributed by atoms with van der Waals surface area (Å²) in [6.45, 7) is 0.381. The van der Waals surface area contributed by atoms with Crippen LogP contribution in [0.5, 0.6) is 11.5 Å².